The number of rotatable bonds is 14. The van der Waals surface area contributed by atoms with Gasteiger partial charge in [0.15, 0.2) is 11.5 Å². The number of nitrogens with one attached hydrogen (secondary N) is 1. The third-order valence-corrected chi connectivity index (χ3v) is 6.96. The quantitative estimate of drug-likeness (QED) is 0.250. The average molecular weight is 439 g/mol. The number of benzene rings is 1. The molecule has 2 aromatic rings. The standard InChI is InChI=1S/C21H30N2O4S2/c1-3-4-5-6-7-8-9-14-27-19-13-12-18(16-20(19)26-2)17-22-23-29(24,25)21-11-10-15-28-21/h10-13,15-17,23H,3-9,14H2,1-2H3/b22-17+. The van der Waals surface area contributed by atoms with E-state index in [9.17, 15) is 8.42 Å². The fraction of sp³-hybridized carbons (Fsp3) is 0.476. The van der Waals surface area contributed by atoms with E-state index in [1.807, 2.05) is 12.1 Å². The molecule has 0 saturated heterocycles. The highest BCUT2D eigenvalue weighted by Gasteiger charge is 2.13. The van der Waals surface area contributed by atoms with Crippen molar-refractivity contribution in [3.05, 3.63) is 41.3 Å². The summed E-state index contributed by atoms with van der Waals surface area (Å²) in [5, 5.41) is 5.54. The number of hydrogen-bond acceptors (Lipinski definition) is 6. The van der Waals surface area contributed by atoms with Crippen LogP contribution in [0.25, 0.3) is 0 Å². The Bertz CT molecular complexity index is 850. The maximum absolute atomic E-state index is 12.0. The Kier molecular flexibility index (Phi) is 10.0. The molecule has 160 valence electrons. The molecular weight excluding hydrogens is 408 g/mol. The fourth-order valence-electron chi connectivity index (χ4n) is 2.76. The molecule has 0 aliphatic heterocycles. The Labute approximate surface area is 178 Å². The monoisotopic (exact) mass is 438 g/mol. The Morgan fingerprint density at radius 2 is 1.83 bits per heavy atom. The van der Waals surface area contributed by atoms with Crippen molar-refractivity contribution in [3.8, 4) is 11.5 Å². The Morgan fingerprint density at radius 1 is 1.07 bits per heavy atom. The highest BCUT2D eigenvalue weighted by Crippen LogP contribution is 2.28. The summed E-state index contributed by atoms with van der Waals surface area (Å²) >= 11 is 1.14. The second kappa shape index (κ2) is 12.5. The summed E-state index contributed by atoms with van der Waals surface area (Å²) in [6.07, 6.45) is 10.1. The van der Waals surface area contributed by atoms with Gasteiger partial charge >= 0.3 is 0 Å². The van der Waals surface area contributed by atoms with E-state index in [4.69, 9.17) is 9.47 Å². The van der Waals surface area contributed by atoms with E-state index in [1.54, 1.807) is 24.6 Å². The zero-order chi connectivity index (χ0) is 21.0. The molecule has 0 fully saturated rings. The number of hydrogen-bond donors (Lipinski definition) is 1. The maximum atomic E-state index is 12.0. The lowest BCUT2D eigenvalue weighted by atomic mass is 10.1. The SMILES string of the molecule is CCCCCCCCCOc1ccc(/C=N/NS(=O)(=O)c2cccs2)cc1OC. The number of thiophene rings is 1. The van der Waals surface area contributed by atoms with Gasteiger partial charge in [-0.15, -0.1) is 11.3 Å². The summed E-state index contributed by atoms with van der Waals surface area (Å²) < 4.78 is 35.5. The zero-order valence-electron chi connectivity index (χ0n) is 17.1. The summed E-state index contributed by atoms with van der Waals surface area (Å²) in [6.45, 7) is 2.88. The van der Waals surface area contributed by atoms with Gasteiger partial charge in [-0.25, -0.2) is 0 Å². The minimum absolute atomic E-state index is 0.223. The lowest BCUT2D eigenvalue weighted by molar-refractivity contribution is 0.284. The first-order valence-corrected chi connectivity index (χ1v) is 12.3. The second-order valence-corrected chi connectivity index (χ2v) is 9.50. The molecule has 29 heavy (non-hydrogen) atoms. The molecule has 1 aromatic heterocycles. The Morgan fingerprint density at radius 3 is 2.52 bits per heavy atom. The van der Waals surface area contributed by atoms with Crippen molar-refractivity contribution in [1.82, 2.24) is 4.83 Å². The van der Waals surface area contributed by atoms with E-state index in [0.717, 1.165) is 17.8 Å². The molecule has 1 aromatic carbocycles. The van der Waals surface area contributed by atoms with Crippen LogP contribution in [0.15, 0.2) is 45.0 Å². The maximum Gasteiger partial charge on any atom is 0.286 e. The van der Waals surface area contributed by atoms with E-state index < -0.39 is 10.0 Å². The molecule has 0 saturated carbocycles. The zero-order valence-corrected chi connectivity index (χ0v) is 18.7. The van der Waals surface area contributed by atoms with Gasteiger partial charge in [-0.1, -0.05) is 51.5 Å². The summed E-state index contributed by atoms with van der Waals surface area (Å²) in [6, 6.07) is 8.60. The highest BCUT2D eigenvalue weighted by atomic mass is 32.2. The molecule has 0 spiro atoms. The van der Waals surface area contributed by atoms with Crippen LogP contribution in [0.2, 0.25) is 0 Å². The Balaban J connectivity index is 1.82. The van der Waals surface area contributed by atoms with Crippen molar-refractivity contribution in [2.24, 2.45) is 5.10 Å². The van der Waals surface area contributed by atoms with Gasteiger partial charge in [0.1, 0.15) is 4.21 Å². The van der Waals surface area contributed by atoms with Gasteiger partial charge in [-0.05, 0) is 41.6 Å². The molecule has 6 nitrogen and oxygen atoms in total. The second-order valence-electron chi connectivity index (χ2n) is 6.67. The minimum Gasteiger partial charge on any atom is -0.493 e. The molecule has 1 heterocycles. The molecule has 0 radical (unpaired) electrons. The minimum atomic E-state index is -3.62. The van der Waals surface area contributed by atoms with Crippen LogP contribution in [-0.4, -0.2) is 28.3 Å². The van der Waals surface area contributed by atoms with Gasteiger partial charge in [-0.2, -0.15) is 18.4 Å². The van der Waals surface area contributed by atoms with Crippen LogP contribution in [-0.2, 0) is 10.0 Å². The van der Waals surface area contributed by atoms with Crippen LogP contribution in [0.3, 0.4) is 0 Å². The first-order valence-electron chi connectivity index (χ1n) is 9.96. The van der Waals surface area contributed by atoms with Crippen LogP contribution in [0.4, 0.5) is 0 Å². The fourth-order valence-corrected chi connectivity index (χ4v) is 4.53. The summed E-state index contributed by atoms with van der Waals surface area (Å²) in [5.74, 6) is 1.27. The third kappa shape index (κ3) is 8.06. The lowest BCUT2D eigenvalue weighted by Crippen LogP contribution is -2.17. The smallest absolute Gasteiger partial charge is 0.286 e. The molecule has 0 unspecified atom stereocenters. The van der Waals surface area contributed by atoms with Crippen molar-refractivity contribution in [2.75, 3.05) is 13.7 Å². The molecule has 0 atom stereocenters. The van der Waals surface area contributed by atoms with Gasteiger partial charge in [0.05, 0.1) is 19.9 Å². The molecule has 0 bridgehead atoms. The molecular formula is C21H30N2O4S2. The number of nitrogens with zero attached hydrogens (tertiary/aromatic N) is 1. The molecule has 0 amide bonds. The van der Waals surface area contributed by atoms with Crippen LogP contribution in [0.5, 0.6) is 11.5 Å². The highest BCUT2D eigenvalue weighted by molar-refractivity contribution is 7.91. The van der Waals surface area contributed by atoms with Crippen LogP contribution >= 0.6 is 11.3 Å². The van der Waals surface area contributed by atoms with Crippen LogP contribution in [0, 0.1) is 0 Å². The number of methoxy groups -OCH3 is 1. The number of sulfonamides is 1. The molecule has 8 heteroatoms. The van der Waals surface area contributed by atoms with Crippen molar-refractivity contribution < 1.29 is 17.9 Å². The van der Waals surface area contributed by atoms with Crippen molar-refractivity contribution in [1.29, 1.82) is 0 Å². The predicted octanol–water partition coefficient (Wildman–Crippen LogP) is 5.20. The van der Waals surface area contributed by atoms with Gasteiger partial charge in [0, 0.05) is 0 Å². The Hall–Kier alpha value is -2.06. The number of unbranched alkanes of at least 4 members (excludes halogenated alkanes) is 6. The van der Waals surface area contributed by atoms with E-state index >= 15 is 0 Å². The van der Waals surface area contributed by atoms with Crippen LogP contribution < -0.4 is 14.3 Å². The van der Waals surface area contributed by atoms with Crippen molar-refractivity contribution in [3.63, 3.8) is 0 Å². The van der Waals surface area contributed by atoms with Gasteiger partial charge < -0.3 is 9.47 Å². The molecule has 1 N–H and O–H groups in total. The summed E-state index contributed by atoms with van der Waals surface area (Å²) in [4.78, 5) is 2.21. The van der Waals surface area contributed by atoms with Gasteiger partial charge in [0.2, 0.25) is 0 Å². The van der Waals surface area contributed by atoms with Gasteiger partial charge in [-0.3, -0.25) is 0 Å². The largest absolute Gasteiger partial charge is 0.493 e. The predicted molar refractivity (Wildman–Crippen MR) is 119 cm³/mol. The molecule has 2 rings (SSSR count). The normalized spacial score (nSPS) is 11.7. The first kappa shape index (κ1) is 23.2. The lowest BCUT2D eigenvalue weighted by Gasteiger charge is -2.11. The first-order chi connectivity index (χ1) is 14.1. The van der Waals surface area contributed by atoms with E-state index in [0.29, 0.717) is 23.7 Å². The van der Waals surface area contributed by atoms with Crippen molar-refractivity contribution in [2.45, 2.75) is 56.1 Å². The third-order valence-electron chi connectivity index (χ3n) is 4.34. The summed E-state index contributed by atoms with van der Waals surface area (Å²) in [5.41, 5.74) is 0.707. The van der Waals surface area contributed by atoms with Crippen LogP contribution in [0.1, 0.15) is 57.4 Å². The van der Waals surface area contributed by atoms with E-state index in [-0.39, 0.29) is 4.21 Å². The topological polar surface area (TPSA) is 77.0 Å². The summed E-state index contributed by atoms with van der Waals surface area (Å²) in [7, 11) is -2.04. The van der Waals surface area contributed by atoms with Gasteiger partial charge in [0.25, 0.3) is 10.0 Å². The van der Waals surface area contributed by atoms with E-state index in [2.05, 4.69) is 16.9 Å². The number of ether oxygens (including phenoxy) is 2. The van der Waals surface area contributed by atoms with E-state index in [1.165, 1.54) is 50.8 Å². The van der Waals surface area contributed by atoms with Crippen molar-refractivity contribution >= 4 is 27.6 Å². The molecule has 0 aliphatic carbocycles. The molecule has 0 aliphatic rings. The average Bonchev–Trinajstić information content (AvgIpc) is 3.26. The number of hydrazone groups is 1.